The highest BCUT2D eigenvalue weighted by molar-refractivity contribution is 6.32. The molecule has 19 heavy (non-hydrogen) atoms. The van der Waals surface area contributed by atoms with Crippen molar-refractivity contribution in [2.75, 3.05) is 0 Å². The Morgan fingerprint density at radius 1 is 1.16 bits per heavy atom. The summed E-state index contributed by atoms with van der Waals surface area (Å²) in [5.74, 6) is 0.511. The lowest BCUT2D eigenvalue weighted by molar-refractivity contribution is 0.200. The van der Waals surface area contributed by atoms with Crippen LogP contribution in [0.3, 0.4) is 0 Å². The van der Waals surface area contributed by atoms with Crippen molar-refractivity contribution in [3.63, 3.8) is 0 Å². The first-order chi connectivity index (χ1) is 8.82. The van der Waals surface area contributed by atoms with Crippen LogP contribution < -0.4 is 0 Å². The van der Waals surface area contributed by atoms with Gasteiger partial charge in [0.15, 0.2) is 0 Å². The summed E-state index contributed by atoms with van der Waals surface area (Å²) in [5, 5.41) is 11.8. The van der Waals surface area contributed by atoms with Gasteiger partial charge in [-0.3, -0.25) is 0 Å². The first kappa shape index (κ1) is 14.4. The second-order valence-electron chi connectivity index (χ2n) is 5.84. The molecule has 0 bridgehead atoms. The van der Waals surface area contributed by atoms with Crippen molar-refractivity contribution >= 4 is 22.5 Å². The van der Waals surface area contributed by atoms with Crippen molar-refractivity contribution in [2.45, 2.75) is 47.3 Å². The van der Waals surface area contributed by atoms with Crippen molar-refractivity contribution in [2.24, 2.45) is 5.92 Å². The number of nitrogens with zero attached hydrogens (tertiary/aromatic N) is 1. The van der Waals surface area contributed by atoms with Crippen LogP contribution in [0, 0.1) is 19.8 Å². The van der Waals surface area contributed by atoms with E-state index in [4.69, 9.17) is 11.6 Å². The van der Waals surface area contributed by atoms with E-state index >= 15 is 0 Å². The molecule has 0 spiro atoms. The summed E-state index contributed by atoms with van der Waals surface area (Å²) in [6.45, 7) is 11.2. The molecule has 2 rings (SSSR count). The SMILES string of the molecule is Cc1cc2c(C(C)O)c(Cl)n(CC(C)C)c2cc1C. The molecule has 1 atom stereocenters. The number of benzene rings is 1. The topological polar surface area (TPSA) is 25.2 Å². The average molecular weight is 280 g/mol. The lowest BCUT2D eigenvalue weighted by Crippen LogP contribution is -2.04. The van der Waals surface area contributed by atoms with E-state index in [1.165, 1.54) is 11.1 Å². The monoisotopic (exact) mass is 279 g/mol. The van der Waals surface area contributed by atoms with Gasteiger partial charge in [0.1, 0.15) is 5.15 Å². The second-order valence-corrected chi connectivity index (χ2v) is 6.20. The average Bonchev–Trinajstić information content (AvgIpc) is 2.53. The zero-order valence-electron chi connectivity index (χ0n) is 12.3. The summed E-state index contributed by atoms with van der Waals surface area (Å²) in [4.78, 5) is 0. The molecule has 2 aromatic rings. The lowest BCUT2D eigenvalue weighted by atomic mass is 10.0. The van der Waals surface area contributed by atoms with E-state index < -0.39 is 6.10 Å². The first-order valence-corrected chi connectivity index (χ1v) is 7.17. The second kappa shape index (κ2) is 5.18. The van der Waals surface area contributed by atoms with Crippen molar-refractivity contribution in [3.8, 4) is 0 Å². The number of aryl methyl sites for hydroxylation is 2. The molecule has 0 aliphatic rings. The molecule has 0 aliphatic carbocycles. The van der Waals surface area contributed by atoms with Gasteiger partial charge in [0.2, 0.25) is 0 Å². The summed E-state index contributed by atoms with van der Waals surface area (Å²) in [5.41, 5.74) is 4.45. The van der Waals surface area contributed by atoms with E-state index in [1.807, 2.05) is 0 Å². The third kappa shape index (κ3) is 2.52. The maximum Gasteiger partial charge on any atom is 0.115 e. The quantitative estimate of drug-likeness (QED) is 0.871. The van der Waals surface area contributed by atoms with Gasteiger partial charge >= 0.3 is 0 Å². The van der Waals surface area contributed by atoms with E-state index in [1.54, 1.807) is 6.92 Å². The van der Waals surface area contributed by atoms with Crippen LogP contribution >= 0.6 is 11.6 Å². The Morgan fingerprint density at radius 2 is 1.74 bits per heavy atom. The maximum atomic E-state index is 10.0. The number of halogens is 1. The number of aromatic nitrogens is 1. The van der Waals surface area contributed by atoms with Gasteiger partial charge in [-0.15, -0.1) is 0 Å². The number of hydrogen-bond donors (Lipinski definition) is 1. The maximum absolute atomic E-state index is 10.0. The Kier molecular flexibility index (Phi) is 3.93. The molecule has 1 N–H and O–H groups in total. The van der Waals surface area contributed by atoms with Gasteiger partial charge in [-0.1, -0.05) is 25.4 Å². The lowest BCUT2D eigenvalue weighted by Gasteiger charge is -2.11. The summed E-state index contributed by atoms with van der Waals surface area (Å²) < 4.78 is 2.12. The molecular formula is C16H22ClNO. The molecule has 104 valence electrons. The number of fused-ring (bicyclic) bond motifs is 1. The van der Waals surface area contributed by atoms with E-state index in [0.29, 0.717) is 11.1 Å². The van der Waals surface area contributed by atoms with Crippen molar-refractivity contribution in [1.82, 2.24) is 4.57 Å². The fourth-order valence-electron chi connectivity index (χ4n) is 2.54. The highest BCUT2D eigenvalue weighted by atomic mass is 35.5. The Hall–Kier alpha value is -0.990. The molecule has 3 heteroatoms. The van der Waals surface area contributed by atoms with E-state index in [-0.39, 0.29) is 0 Å². The molecule has 0 aliphatic heterocycles. The number of aliphatic hydroxyl groups excluding tert-OH is 1. The van der Waals surface area contributed by atoms with Crippen molar-refractivity contribution in [1.29, 1.82) is 0 Å². The predicted molar refractivity (Wildman–Crippen MR) is 81.9 cm³/mol. The molecule has 0 fully saturated rings. The first-order valence-electron chi connectivity index (χ1n) is 6.79. The van der Waals surface area contributed by atoms with Gasteiger partial charge in [0.25, 0.3) is 0 Å². The summed E-state index contributed by atoms with van der Waals surface area (Å²) in [6.07, 6.45) is -0.550. The Balaban J connectivity index is 2.80. The molecule has 0 saturated heterocycles. The molecule has 0 saturated carbocycles. The largest absolute Gasteiger partial charge is 0.389 e. The van der Waals surface area contributed by atoms with Gasteiger partial charge in [-0.2, -0.15) is 0 Å². The zero-order valence-corrected chi connectivity index (χ0v) is 13.0. The summed E-state index contributed by atoms with van der Waals surface area (Å²) in [6, 6.07) is 4.31. The Labute approximate surface area is 120 Å². The fourth-order valence-corrected chi connectivity index (χ4v) is 2.96. The van der Waals surface area contributed by atoms with Crippen LogP contribution in [0.15, 0.2) is 12.1 Å². The Morgan fingerprint density at radius 3 is 2.26 bits per heavy atom. The van der Waals surface area contributed by atoms with Crippen LogP contribution in [0.5, 0.6) is 0 Å². The van der Waals surface area contributed by atoms with Crippen LogP contribution in [0.2, 0.25) is 5.15 Å². The van der Waals surface area contributed by atoms with Gasteiger partial charge in [-0.25, -0.2) is 0 Å². The van der Waals surface area contributed by atoms with E-state index in [2.05, 4.69) is 44.4 Å². The minimum absolute atomic E-state index is 0.511. The normalized spacial score (nSPS) is 13.5. The van der Waals surface area contributed by atoms with Crippen LogP contribution in [0.4, 0.5) is 0 Å². The molecular weight excluding hydrogens is 258 g/mol. The van der Waals surface area contributed by atoms with Gasteiger partial charge in [0, 0.05) is 23.0 Å². The third-order valence-corrected chi connectivity index (χ3v) is 4.03. The molecule has 1 unspecified atom stereocenters. The van der Waals surface area contributed by atoms with Gasteiger partial charge in [-0.05, 0) is 49.9 Å². The van der Waals surface area contributed by atoms with E-state index in [0.717, 1.165) is 23.0 Å². The predicted octanol–water partition coefficient (Wildman–Crippen LogP) is 4.62. The molecule has 0 radical (unpaired) electrons. The third-order valence-electron chi connectivity index (χ3n) is 3.62. The van der Waals surface area contributed by atoms with E-state index in [9.17, 15) is 5.11 Å². The van der Waals surface area contributed by atoms with Gasteiger partial charge in [0.05, 0.1) is 6.10 Å². The number of aliphatic hydroxyl groups is 1. The molecule has 1 aromatic carbocycles. The van der Waals surface area contributed by atoms with Gasteiger partial charge < -0.3 is 9.67 Å². The van der Waals surface area contributed by atoms with Crippen molar-refractivity contribution in [3.05, 3.63) is 34.0 Å². The molecule has 1 aromatic heterocycles. The van der Waals surface area contributed by atoms with Crippen LogP contribution in [0.25, 0.3) is 10.9 Å². The molecule has 2 nitrogen and oxygen atoms in total. The summed E-state index contributed by atoms with van der Waals surface area (Å²) in [7, 11) is 0. The Bertz CT molecular complexity index is 611. The highest BCUT2D eigenvalue weighted by Crippen LogP contribution is 2.36. The molecule has 0 amide bonds. The molecule has 1 heterocycles. The van der Waals surface area contributed by atoms with Crippen LogP contribution in [0.1, 0.15) is 43.6 Å². The minimum Gasteiger partial charge on any atom is -0.389 e. The zero-order chi connectivity index (χ0) is 14.3. The van der Waals surface area contributed by atoms with Crippen LogP contribution in [-0.4, -0.2) is 9.67 Å². The van der Waals surface area contributed by atoms with Crippen LogP contribution in [-0.2, 0) is 6.54 Å². The fraction of sp³-hybridized carbons (Fsp3) is 0.500. The summed E-state index contributed by atoms with van der Waals surface area (Å²) >= 11 is 6.50. The highest BCUT2D eigenvalue weighted by Gasteiger charge is 2.20. The number of hydrogen-bond acceptors (Lipinski definition) is 1. The van der Waals surface area contributed by atoms with Crippen molar-refractivity contribution < 1.29 is 5.11 Å². The smallest absolute Gasteiger partial charge is 0.115 e. The minimum atomic E-state index is -0.550. The number of rotatable bonds is 3. The standard InChI is InChI=1S/C16H22ClNO/c1-9(2)8-18-14-7-11(4)10(3)6-13(14)15(12(5)19)16(18)17/h6-7,9,12,19H,8H2,1-5H3.